The highest BCUT2D eigenvalue weighted by Gasteiger charge is 2.13. The van der Waals surface area contributed by atoms with Crippen LogP contribution in [-0.4, -0.2) is 21.6 Å². The Balaban J connectivity index is 1.92. The van der Waals surface area contributed by atoms with E-state index in [1.54, 1.807) is 60.9 Å². The van der Waals surface area contributed by atoms with Crippen LogP contribution < -0.4 is 0 Å². The second-order valence-corrected chi connectivity index (χ2v) is 6.28. The van der Waals surface area contributed by atoms with Crippen molar-refractivity contribution in [3.8, 4) is 0 Å². The fraction of sp³-hybridized carbons (Fsp3) is 0. The zero-order chi connectivity index (χ0) is 19.2. The molecule has 7 nitrogen and oxygen atoms in total. The molecule has 3 aromatic rings. The lowest BCUT2D eigenvalue weighted by molar-refractivity contribution is -0.384. The first-order chi connectivity index (χ1) is 13.0. The molecule has 0 aliphatic carbocycles. The van der Waals surface area contributed by atoms with Crippen molar-refractivity contribution in [3.05, 3.63) is 104 Å². The fourth-order valence-electron chi connectivity index (χ4n) is 2.25. The summed E-state index contributed by atoms with van der Waals surface area (Å²) >= 11 is 3.30. The molecule has 2 aromatic carbocycles. The van der Waals surface area contributed by atoms with Gasteiger partial charge in [0, 0.05) is 40.1 Å². The Morgan fingerprint density at radius 3 is 2.07 bits per heavy atom. The van der Waals surface area contributed by atoms with Crippen molar-refractivity contribution >= 4 is 33.3 Å². The third-order valence-electron chi connectivity index (χ3n) is 3.61. The van der Waals surface area contributed by atoms with Crippen LogP contribution in [0.25, 0.3) is 0 Å². The van der Waals surface area contributed by atoms with E-state index in [1.165, 1.54) is 12.1 Å². The van der Waals surface area contributed by atoms with Crippen molar-refractivity contribution in [2.24, 2.45) is 5.16 Å². The maximum Gasteiger partial charge on any atom is 0.365 e. The van der Waals surface area contributed by atoms with Gasteiger partial charge in [-0.15, -0.1) is 0 Å². The number of hydrogen-bond donors (Lipinski definition) is 0. The number of hydrogen-bond acceptors (Lipinski definition) is 6. The minimum absolute atomic E-state index is 0.0420. The third kappa shape index (κ3) is 4.62. The number of halogens is 1. The molecule has 0 fully saturated rings. The molecule has 0 aliphatic rings. The Morgan fingerprint density at radius 2 is 1.48 bits per heavy atom. The summed E-state index contributed by atoms with van der Waals surface area (Å²) in [5, 5.41) is 14.8. The molecule has 0 atom stereocenters. The van der Waals surface area contributed by atoms with Gasteiger partial charge in [-0.05, 0) is 48.5 Å². The van der Waals surface area contributed by atoms with Gasteiger partial charge in [0.2, 0.25) is 0 Å². The van der Waals surface area contributed by atoms with Crippen LogP contribution in [0.4, 0.5) is 5.69 Å². The highest BCUT2D eigenvalue weighted by molar-refractivity contribution is 9.10. The van der Waals surface area contributed by atoms with E-state index in [2.05, 4.69) is 26.1 Å². The SMILES string of the molecule is O=C(ON=C(c1ccncc1)c1ccc([N+](=O)[O-])cc1)c1ccc(Br)cc1. The van der Waals surface area contributed by atoms with E-state index >= 15 is 0 Å². The molecule has 134 valence electrons. The summed E-state index contributed by atoms with van der Waals surface area (Å²) in [7, 11) is 0. The fourth-order valence-corrected chi connectivity index (χ4v) is 2.51. The van der Waals surface area contributed by atoms with Gasteiger partial charge in [0.1, 0.15) is 5.71 Å². The number of rotatable bonds is 5. The van der Waals surface area contributed by atoms with E-state index in [-0.39, 0.29) is 5.69 Å². The first-order valence-electron chi connectivity index (χ1n) is 7.75. The molecule has 0 radical (unpaired) electrons. The molecule has 0 N–H and O–H groups in total. The van der Waals surface area contributed by atoms with Crippen molar-refractivity contribution in [2.45, 2.75) is 0 Å². The Kier molecular flexibility index (Phi) is 5.68. The summed E-state index contributed by atoms with van der Waals surface area (Å²) in [6.07, 6.45) is 3.15. The monoisotopic (exact) mass is 425 g/mol. The van der Waals surface area contributed by atoms with Crippen LogP contribution in [0.2, 0.25) is 0 Å². The lowest BCUT2D eigenvalue weighted by atomic mass is 10.0. The molecule has 0 saturated carbocycles. The number of nitrogens with zero attached hydrogens (tertiary/aromatic N) is 3. The largest absolute Gasteiger partial charge is 0.365 e. The van der Waals surface area contributed by atoms with Crippen molar-refractivity contribution in [2.75, 3.05) is 0 Å². The number of nitro groups is 1. The quantitative estimate of drug-likeness (QED) is 0.262. The molecule has 0 amide bonds. The van der Waals surface area contributed by atoms with Gasteiger partial charge in [0.25, 0.3) is 5.69 Å². The van der Waals surface area contributed by atoms with Crippen LogP contribution in [0.5, 0.6) is 0 Å². The second-order valence-electron chi connectivity index (χ2n) is 5.37. The predicted octanol–water partition coefficient (Wildman–Crippen LogP) is 4.36. The normalized spacial score (nSPS) is 11.1. The molecule has 1 heterocycles. The Bertz CT molecular complexity index is 988. The zero-order valence-electron chi connectivity index (χ0n) is 13.8. The maximum atomic E-state index is 12.2. The minimum atomic E-state index is -0.615. The molecular weight excluding hydrogens is 414 g/mol. The Hall–Kier alpha value is -3.39. The van der Waals surface area contributed by atoms with E-state index in [0.29, 0.717) is 22.4 Å². The molecule has 0 spiro atoms. The standard InChI is InChI=1S/C19H12BrN3O4/c20-16-5-1-15(2-6-16)19(24)27-22-18(14-9-11-21-12-10-14)13-3-7-17(8-4-13)23(25)26/h1-12H. The summed E-state index contributed by atoms with van der Waals surface area (Å²) in [5.74, 6) is -0.615. The summed E-state index contributed by atoms with van der Waals surface area (Å²) < 4.78 is 0.839. The lowest BCUT2D eigenvalue weighted by Crippen LogP contribution is -2.08. The first-order valence-corrected chi connectivity index (χ1v) is 8.54. The molecule has 8 heteroatoms. The lowest BCUT2D eigenvalue weighted by Gasteiger charge is -2.07. The van der Waals surface area contributed by atoms with E-state index in [4.69, 9.17) is 4.84 Å². The number of pyridine rings is 1. The number of oxime groups is 1. The van der Waals surface area contributed by atoms with E-state index in [0.717, 1.165) is 4.47 Å². The van der Waals surface area contributed by atoms with E-state index in [9.17, 15) is 14.9 Å². The maximum absolute atomic E-state index is 12.2. The molecule has 0 bridgehead atoms. The van der Waals surface area contributed by atoms with Crippen LogP contribution in [0.3, 0.4) is 0 Å². The predicted molar refractivity (Wildman–Crippen MR) is 103 cm³/mol. The number of carbonyl (C=O) groups excluding carboxylic acids is 1. The number of aromatic nitrogens is 1. The number of carbonyl (C=O) groups is 1. The highest BCUT2D eigenvalue weighted by atomic mass is 79.9. The number of nitro benzene ring substituents is 1. The van der Waals surface area contributed by atoms with Crippen molar-refractivity contribution in [1.82, 2.24) is 4.98 Å². The molecule has 0 unspecified atom stereocenters. The van der Waals surface area contributed by atoms with E-state index < -0.39 is 10.9 Å². The van der Waals surface area contributed by atoms with Gasteiger partial charge >= 0.3 is 5.97 Å². The molecule has 1 aromatic heterocycles. The second kappa shape index (κ2) is 8.33. The summed E-state index contributed by atoms with van der Waals surface area (Å²) in [4.78, 5) is 31.6. The number of benzene rings is 2. The van der Waals surface area contributed by atoms with Crippen LogP contribution >= 0.6 is 15.9 Å². The van der Waals surface area contributed by atoms with Crippen molar-refractivity contribution < 1.29 is 14.6 Å². The summed E-state index contributed by atoms with van der Waals surface area (Å²) in [6, 6.07) is 15.9. The first kappa shape index (κ1) is 18.4. The molecule has 0 saturated heterocycles. The van der Waals surface area contributed by atoms with Gasteiger partial charge in [-0.2, -0.15) is 0 Å². The molecular formula is C19H12BrN3O4. The molecule has 3 rings (SSSR count). The smallest absolute Gasteiger partial charge is 0.312 e. The Labute approximate surface area is 162 Å². The minimum Gasteiger partial charge on any atom is -0.312 e. The average molecular weight is 426 g/mol. The molecule has 27 heavy (non-hydrogen) atoms. The summed E-state index contributed by atoms with van der Waals surface area (Å²) in [5.41, 5.74) is 1.88. The van der Waals surface area contributed by atoms with Crippen LogP contribution in [-0.2, 0) is 4.84 Å². The van der Waals surface area contributed by atoms with Gasteiger partial charge in [0.05, 0.1) is 10.5 Å². The van der Waals surface area contributed by atoms with Crippen LogP contribution in [0, 0.1) is 10.1 Å². The highest BCUT2D eigenvalue weighted by Crippen LogP contribution is 2.17. The summed E-state index contributed by atoms with van der Waals surface area (Å²) in [6.45, 7) is 0. The van der Waals surface area contributed by atoms with E-state index in [1.807, 2.05) is 0 Å². The van der Waals surface area contributed by atoms with Crippen LogP contribution in [0.15, 0.2) is 82.7 Å². The van der Waals surface area contributed by atoms with Gasteiger partial charge in [-0.25, -0.2) is 4.79 Å². The van der Waals surface area contributed by atoms with Gasteiger partial charge in [0.15, 0.2) is 0 Å². The molecule has 0 aliphatic heterocycles. The topological polar surface area (TPSA) is 94.7 Å². The van der Waals surface area contributed by atoms with Crippen molar-refractivity contribution in [3.63, 3.8) is 0 Å². The zero-order valence-corrected chi connectivity index (χ0v) is 15.4. The van der Waals surface area contributed by atoms with Gasteiger partial charge < -0.3 is 4.84 Å². The van der Waals surface area contributed by atoms with Gasteiger partial charge in [-0.3, -0.25) is 15.1 Å². The average Bonchev–Trinajstić information content (AvgIpc) is 2.69. The van der Waals surface area contributed by atoms with Crippen LogP contribution in [0.1, 0.15) is 21.5 Å². The Morgan fingerprint density at radius 1 is 0.926 bits per heavy atom. The number of non-ortho nitro benzene ring substituents is 1. The van der Waals surface area contributed by atoms with Gasteiger partial charge in [-0.1, -0.05) is 21.1 Å². The van der Waals surface area contributed by atoms with Crippen molar-refractivity contribution in [1.29, 1.82) is 0 Å². The third-order valence-corrected chi connectivity index (χ3v) is 4.13.